The first-order valence-corrected chi connectivity index (χ1v) is 7.72. The number of halogens is 1. The van der Waals surface area contributed by atoms with Crippen molar-refractivity contribution in [3.05, 3.63) is 0 Å². The average Bonchev–Trinajstić information content (AvgIpc) is 2.40. The predicted molar refractivity (Wildman–Crippen MR) is 44.5 cm³/mol. The molecule has 3 unspecified atom stereocenters. The Balaban J connectivity index is 2.30. The van der Waals surface area contributed by atoms with Crippen LogP contribution in [0, 0.1) is 16.7 Å². The minimum atomic E-state index is -3.76. The Hall–Kier alpha value is 0.280. The molecule has 0 amide bonds. The summed E-state index contributed by atoms with van der Waals surface area (Å²) < 4.78 is 26.1. The molecular weight excluding hydrogens is 311 g/mol. The van der Waals surface area contributed by atoms with Gasteiger partial charge in [-0.2, -0.15) is 0 Å². The molecule has 15 heavy (non-hydrogen) atoms. The maximum absolute atomic E-state index is 12.1. The van der Waals surface area contributed by atoms with Gasteiger partial charge in [0, 0.05) is 11.3 Å². The molecule has 2 aliphatic carbocycles. The van der Waals surface area contributed by atoms with E-state index >= 15 is 0 Å². The zero-order valence-electron chi connectivity index (χ0n) is 9.08. The maximum atomic E-state index is 12.1. The number of hydrogen-bond donors (Lipinski definition) is 0. The number of carbonyl (C=O) groups excluding carboxylic acids is 1. The fourth-order valence-corrected chi connectivity index (χ4v) is 4.22. The van der Waals surface area contributed by atoms with Crippen LogP contribution in [-0.2, 0) is 7.86 Å². The lowest BCUT2D eigenvalue weighted by atomic mass is 9.70. The van der Waals surface area contributed by atoms with Crippen LogP contribution in [0.5, 0.6) is 0 Å². The van der Waals surface area contributed by atoms with Crippen LogP contribution in [0.1, 0.15) is 33.6 Å². The van der Waals surface area contributed by atoms with Gasteiger partial charge in [-0.1, -0.05) is 20.8 Å². The van der Waals surface area contributed by atoms with Crippen LogP contribution < -0.4 is 27.9 Å². The quantitative estimate of drug-likeness (QED) is 0.494. The molecular formula is C10H15IO4. The largest absolute Gasteiger partial charge is 0.507 e. The van der Waals surface area contributed by atoms with Gasteiger partial charge in [-0.15, -0.1) is 0 Å². The molecule has 0 aromatic carbocycles. The lowest BCUT2D eigenvalue weighted by Crippen LogP contribution is -3.99. The Morgan fingerprint density at radius 1 is 1.40 bits per heavy atom. The number of Topliss-reactive ketones (excluding diaryl/α,β-unsaturated/α-hetero) is 1. The van der Waals surface area contributed by atoms with Gasteiger partial charge < -0.3 is 6.87 Å². The second kappa shape index (κ2) is 3.38. The summed E-state index contributed by atoms with van der Waals surface area (Å²) in [6.07, 6.45) is 1.05. The van der Waals surface area contributed by atoms with E-state index in [1.165, 1.54) is 0 Å². The highest BCUT2D eigenvalue weighted by atomic mass is 127. The lowest BCUT2D eigenvalue weighted by Gasteiger charge is -2.31. The van der Waals surface area contributed by atoms with Crippen molar-refractivity contribution in [2.45, 2.75) is 39.7 Å². The van der Waals surface area contributed by atoms with E-state index in [0.29, 0.717) is 0 Å². The molecule has 0 aliphatic heterocycles. The second-order valence-corrected chi connectivity index (χ2v) is 6.85. The zero-order valence-corrected chi connectivity index (χ0v) is 11.2. The van der Waals surface area contributed by atoms with Crippen molar-refractivity contribution in [2.75, 3.05) is 0 Å². The molecule has 86 valence electrons. The molecule has 0 heterocycles. The van der Waals surface area contributed by atoms with Gasteiger partial charge in [-0.3, -0.25) is 4.79 Å². The highest BCUT2D eigenvalue weighted by Crippen LogP contribution is 2.63. The van der Waals surface area contributed by atoms with Crippen LogP contribution >= 0.6 is 0 Å². The highest BCUT2D eigenvalue weighted by Gasteiger charge is 2.69. The molecule has 2 saturated carbocycles. The summed E-state index contributed by atoms with van der Waals surface area (Å²) in [5.74, 6) is 0.0513. The van der Waals surface area contributed by atoms with Gasteiger partial charge in [-0.25, -0.2) is 0 Å². The zero-order chi connectivity index (χ0) is 11.4. The van der Waals surface area contributed by atoms with Gasteiger partial charge >= 0.3 is 21.1 Å². The summed E-state index contributed by atoms with van der Waals surface area (Å²) in [4.78, 5) is 12.1. The summed E-state index contributed by atoms with van der Waals surface area (Å²) in [6.45, 7) is 6.02. The highest BCUT2D eigenvalue weighted by molar-refractivity contribution is 5.93. The molecule has 0 aromatic heterocycles. The third kappa shape index (κ3) is 1.40. The molecule has 5 heteroatoms. The Morgan fingerprint density at radius 3 is 2.40 bits per heavy atom. The fourth-order valence-electron chi connectivity index (χ4n) is 3.18. The molecule has 2 bridgehead atoms. The van der Waals surface area contributed by atoms with E-state index < -0.39 is 32.6 Å². The van der Waals surface area contributed by atoms with E-state index in [-0.39, 0.29) is 17.1 Å². The monoisotopic (exact) mass is 326 g/mol. The van der Waals surface area contributed by atoms with Gasteiger partial charge in [-0.05, 0) is 21.3 Å². The van der Waals surface area contributed by atoms with E-state index in [1.807, 2.05) is 20.8 Å². The van der Waals surface area contributed by atoms with Crippen LogP contribution in [0.25, 0.3) is 0 Å². The Labute approximate surface area is 98.0 Å². The normalized spacial score (nSPS) is 42.9. The van der Waals surface area contributed by atoms with Crippen LogP contribution in [0.2, 0.25) is 0 Å². The minimum absolute atomic E-state index is 0.0160. The Kier molecular flexibility index (Phi) is 2.65. The van der Waals surface area contributed by atoms with E-state index in [4.69, 9.17) is 3.07 Å². The number of carbonyl (C=O) groups is 1. The standard InChI is InChI=1S/C10H15IO4/c1-9(2)6-4-5-10(9,3)8(12)7(6)15-11(13)14/h6-7H,4-5H2,1-3H3. The van der Waals surface area contributed by atoms with E-state index in [1.54, 1.807) is 0 Å². The number of rotatable bonds is 2. The van der Waals surface area contributed by atoms with Crippen LogP contribution in [-0.4, -0.2) is 11.9 Å². The third-order valence-electron chi connectivity index (χ3n) is 4.64. The molecule has 0 spiro atoms. The first-order valence-electron chi connectivity index (χ1n) is 5.08. The summed E-state index contributed by atoms with van der Waals surface area (Å²) in [6, 6.07) is 0. The van der Waals surface area contributed by atoms with Gasteiger partial charge in [0.15, 0.2) is 5.78 Å². The van der Waals surface area contributed by atoms with Gasteiger partial charge in [0.1, 0.15) is 0 Å². The molecule has 0 aromatic rings. The molecule has 2 fully saturated rings. The molecule has 4 nitrogen and oxygen atoms in total. The number of ketones is 1. The topological polar surface area (TPSA) is 72.4 Å². The average molecular weight is 326 g/mol. The second-order valence-electron chi connectivity index (χ2n) is 5.26. The van der Waals surface area contributed by atoms with Crippen LogP contribution in [0.3, 0.4) is 0 Å². The summed E-state index contributed by atoms with van der Waals surface area (Å²) in [5, 5.41) is 0. The summed E-state index contributed by atoms with van der Waals surface area (Å²) in [5.41, 5.74) is -0.532. The van der Waals surface area contributed by atoms with E-state index in [9.17, 15) is 11.7 Å². The van der Waals surface area contributed by atoms with Gasteiger partial charge in [0.2, 0.25) is 6.10 Å². The Morgan fingerprint density at radius 2 is 2.00 bits per heavy atom. The first kappa shape index (κ1) is 11.8. The fraction of sp³-hybridized carbons (Fsp3) is 0.900. The molecule has 3 atom stereocenters. The first-order chi connectivity index (χ1) is 6.80. The smallest absolute Gasteiger partial charge is 0.396 e. The van der Waals surface area contributed by atoms with Crippen molar-refractivity contribution in [3.63, 3.8) is 0 Å². The van der Waals surface area contributed by atoms with Crippen molar-refractivity contribution in [2.24, 2.45) is 16.7 Å². The number of hydrogen-bond acceptors (Lipinski definition) is 4. The summed E-state index contributed by atoms with van der Waals surface area (Å²) in [7, 11) is 0. The van der Waals surface area contributed by atoms with Crippen molar-refractivity contribution in [3.8, 4) is 0 Å². The number of fused-ring (bicyclic) bond motifs is 2. The third-order valence-corrected chi connectivity index (χ3v) is 5.60. The van der Waals surface area contributed by atoms with Gasteiger partial charge in [0.05, 0.1) is 0 Å². The molecule has 0 saturated heterocycles. The van der Waals surface area contributed by atoms with E-state index in [2.05, 4.69) is 0 Å². The van der Waals surface area contributed by atoms with Crippen molar-refractivity contribution in [1.29, 1.82) is 0 Å². The van der Waals surface area contributed by atoms with Crippen molar-refractivity contribution < 1.29 is 35.8 Å². The maximum Gasteiger partial charge on any atom is 0.507 e. The molecule has 0 radical (unpaired) electrons. The Bertz CT molecular complexity index is 302. The lowest BCUT2D eigenvalue weighted by molar-refractivity contribution is -1.63. The minimum Gasteiger partial charge on any atom is -0.396 e. The SMILES string of the molecule is CC12CCC(C(O[I+2]([O-])[O-])C1=O)C2(C)C. The van der Waals surface area contributed by atoms with Crippen molar-refractivity contribution >= 4 is 5.78 Å². The molecule has 0 N–H and O–H groups in total. The summed E-state index contributed by atoms with van der Waals surface area (Å²) >= 11 is -3.76. The van der Waals surface area contributed by atoms with Crippen LogP contribution in [0.4, 0.5) is 0 Å². The van der Waals surface area contributed by atoms with E-state index in [0.717, 1.165) is 12.8 Å². The van der Waals surface area contributed by atoms with Crippen LogP contribution in [0.15, 0.2) is 0 Å². The molecule has 2 rings (SSSR count). The predicted octanol–water partition coefficient (Wildman–Crippen LogP) is -3.51. The molecule has 2 aliphatic rings. The van der Waals surface area contributed by atoms with Crippen molar-refractivity contribution in [1.82, 2.24) is 0 Å². The van der Waals surface area contributed by atoms with Gasteiger partial charge in [0.25, 0.3) is 0 Å².